The van der Waals surface area contributed by atoms with Crippen LogP contribution in [0.4, 0.5) is 0 Å². The highest BCUT2D eigenvalue weighted by Gasteiger charge is 2.29. The number of likely N-dealkylation sites (tertiary alicyclic amines) is 1. The molecule has 6 nitrogen and oxygen atoms in total. The van der Waals surface area contributed by atoms with Crippen LogP contribution in [0.25, 0.3) is 0 Å². The first-order valence-corrected chi connectivity index (χ1v) is 10.8. The van der Waals surface area contributed by atoms with Gasteiger partial charge >= 0.3 is 0 Å². The number of carbonyl (C=O) groups is 1. The minimum absolute atomic E-state index is 0. The van der Waals surface area contributed by atoms with Gasteiger partial charge in [0.25, 0.3) is 0 Å². The maximum Gasteiger partial charge on any atom is 0.223 e. The number of benzene rings is 2. The van der Waals surface area contributed by atoms with Crippen LogP contribution in [0.5, 0.6) is 5.75 Å². The van der Waals surface area contributed by atoms with Crippen molar-refractivity contribution in [1.82, 2.24) is 15.5 Å². The molecule has 0 aromatic heterocycles. The van der Waals surface area contributed by atoms with Crippen molar-refractivity contribution in [1.29, 1.82) is 0 Å². The minimum Gasteiger partial charge on any atom is -0.489 e. The van der Waals surface area contributed by atoms with E-state index in [1.165, 1.54) is 5.56 Å². The molecule has 0 spiro atoms. The van der Waals surface area contributed by atoms with Crippen LogP contribution >= 0.6 is 24.0 Å². The smallest absolute Gasteiger partial charge is 0.223 e. The van der Waals surface area contributed by atoms with Crippen molar-refractivity contribution in [2.45, 2.75) is 19.4 Å². The second-order valence-electron chi connectivity index (χ2n) is 7.66. The molecule has 2 aromatic carbocycles. The van der Waals surface area contributed by atoms with E-state index in [1.807, 2.05) is 47.4 Å². The lowest BCUT2D eigenvalue weighted by molar-refractivity contribution is -0.127. The van der Waals surface area contributed by atoms with Gasteiger partial charge in [-0.2, -0.15) is 0 Å². The van der Waals surface area contributed by atoms with E-state index in [2.05, 4.69) is 34.3 Å². The average Bonchev–Trinajstić information content (AvgIpc) is 3.17. The van der Waals surface area contributed by atoms with Crippen LogP contribution in [0.1, 0.15) is 17.5 Å². The number of hydrogen-bond donors (Lipinski definition) is 2. The van der Waals surface area contributed by atoms with Gasteiger partial charge in [-0.25, -0.2) is 0 Å². The molecule has 1 atom stereocenters. The van der Waals surface area contributed by atoms with E-state index < -0.39 is 0 Å². The molecular weight excluding hydrogens is 515 g/mol. The summed E-state index contributed by atoms with van der Waals surface area (Å²) in [5.41, 5.74) is 2.31. The van der Waals surface area contributed by atoms with Gasteiger partial charge in [0, 0.05) is 51.1 Å². The van der Waals surface area contributed by atoms with Gasteiger partial charge in [-0.3, -0.25) is 9.79 Å². The number of carbonyl (C=O) groups excluding carboxylic acids is 1. The van der Waals surface area contributed by atoms with Crippen LogP contribution in [0.15, 0.2) is 72.2 Å². The first-order valence-electron chi connectivity index (χ1n) is 10.8. The van der Waals surface area contributed by atoms with Crippen LogP contribution in [-0.4, -0.2) is 50.1 Å². The molecule has 172 valence electrons. The van der Waals surface area contributed by atoms with Crippen molar-refractivity contribution in [3.05, 3.63) is 78.4 Å². The van der Waals surface area contributed by atoms with Crippen LogP contribution in [-0.2, 0) is 17.8 Å². The number of halogens is 1. The molecular formula is C25H33IN4O2. The predicted molar refractivity (Wildman–Crippen MR) is 141 cm³/mol. The van der Waals surface area contributed by atoms with Gasteiger partial charge in [-0.05, 0) is 18.1 Å². The Hall–Kier alpha value is -2.55. The highest BCUT2D eigenvalue weighted by atomic mass is 127. The molecule has 0 bridgehead atoms. The molecule has 3 rings (SSSR count). The summed E-state index contributed by atoms with van der Waals surface area (Å²) in [5.74, 6) is 2.07. The summed E-state index contributed by atoms with van der Waals surface area (Å²) in [6.45, 7) is 7.03. The second kappa shape index (κ2) is 13.8. The predicted octanol–water partition coefficient (Wildman–Crippen LogP) is 3.63. The highest BCUT2D eigenvalue weighted by molar-refractivity contribution is 14.0. The first kappa shape index (κ1) is 25.7. The van der Waals surface area contributed by atoms with Crippen molar-refractivity contribution >= 4 is 35.8 Å². The summed E-state index contributed by atoms with van der Waals surface area (Å²) in [6, 6.07) is 18.2. The Morgan fingerprint density at radius 1 is 1.19 bits per heavy atom. The Labute approximate surface area is 208 Å². The normalized spacial score (nSPS) is 15.8. The van der Waals surface area contributed by atoms with Crippen molar-refractivity contribution in [2.75, 3.05) is 33.3 Å². The number of nitrogens with one attached hydrogen (secondary N) is 2. The van der Waals surface area contributed by atoms with E-state index in [0.717, 1.165) is 30.8 Å². The van der Waals surface area contributed by atoms with Crippen LogP contribution in [0, 0.1) is 5.92 Å². The zero-order chi connectivity index (χ0) is 21.9. The molecule has 1 fully saturated rings. The van der Waals surface area contributed by atoms with Gasteiger partial charge in [-0.15, -0.1) is 24.0 Å². The third kappa shape index (κ3) is 7.85. The molecule has 1 saturated heterocycles. The van der Waals surface area contributed by atoms with Gasteiger partial charge < -0.3 is 20.3 Å². The maximum atomic E-state index is 12.4. The monoisotopic (exact) mass is 548 g/mol. The lowest BCUT2D eigenvalue weighted by atomic mass is 10.1. The molecule has 1 aliphatic heterocycles. The molecule has 1 unspecified atom stereocenters. The van der Waals surface area contributed by atoms with E-state index in [9.17, 15) is 4.79 Å². The molecule has 0 saturated carbocycles. The fraction of sp³-hybridized carbons (Fsp3) is 0.360. The molecule has 7 heteroatoms. The van der Waals surface area contributed by atoms with Crippen molar-refractivity contribution in [3.8, 4) is 5.75 Å². The second-order valence-corrected chi connectivity index (χ2v) is 7.66. The third-order valence-electron chi connectivity index (χ3n) is 5.37. The summed E-state index contributed by atoms with van der Waals surface area (Å²) in [5, 5.41) is 6.69. The average molecular weight is 548 g/mol. The van der Waals surface area contributed by atoms with Crippen molar-refractivity contribution in [2.24, 2.45) is 10.9 Å². The lowest BCUT2D eigenvalue weighted by Gasteiger charge is -2.18. The zero-order valence-electron chi connectivity index (χ0n) is 18.6. The number of aliphatic imine (C=N–C) groups is 1. The SMILES string of the molecule is C=CCOc1ccccc1CNC(=NC)NCC1CC(=O)N(CCc2ccccc2)C1.I. The zero-order valence-corrected chi connectivity index (χ0v) is 21.0. The maximum absolute atomic E-state index is 12.4. The summed E-state index contributed by atoms with van der Waals surface area (Å²) >= 11 is 0. The molecule has 32 heavy (non-hydrogen) atoms. The summed E-state index contributed by atoms with van der Waals surface area (Å²) in [4.78, 5) is 18.7. The Morgan fingerprint density at radius 2 is 1.94 bits per heavy atom. The quantitative estimate of drug-likeness (QED) is 0.206. The van der Waals surface area contributed by atoms with Gasteiger partial charge in [-0.1, -0.05) is 61.2 Å². The number of ether oxygens (including phenoxy) is 1. The molecule has 1 heterocycles. The largest absolute Gasteiger partial charge is 0.489 e. The van der Waals surface area contributed by atoms with E-state index in [1.54, 1.807) is 13.1 Å². The molecule has 1 aliphatic rings. The van der Waals surface area contributed by atoms with Crippen molar-refractivity contribution < 1.29 is 9.53 Å². The number of nitrogens with zero attached hydrogens (tertiary/aromatic N) is 2. The van der Waals surface area contributed by atoms with Gasteiger partial charge in [0.2, 0.25) is 5.91 Å². The summed E-state index contributed by atoms with van der Waals surface area (Å²) in [6.07, 6.45) is 3.21. The number of rotatable bonds is 10. The van der Waals surface area contributed by atoms with E-state index in [4.69, 9.17) is 4.74 Å². The van der Waals surface area contributed by atoms with E-state index in [0.29, 0.717) is 32.1 Å². The van der Waals surface area contributed by atoms with Crippen LogP contribution < -0.4 is 15.4 Å². The number of hydrogen-bond acceptors (Lipinski definition) is 3. The van der Waals surface area contributed by atoms with Gasteiger partial charge in [0.15, 0.2) is 5.96 Å². The fourth-order valence-electron chi connectivity index (χ4n) is 3.70. The van der Waals surface area contributed by atoms with Crippen LogP contribution in [0.3, 0.4) is 0 Å². The third-order valence-corrected chi connectivity index (χ3v) is 5.37. The topological polar surface area (TPSA) is 66.0 Å². The Morgan fingerprint density at radius 3 is 2.69 bits per heavy atom. The lowest BCUT2D eigenvalue weighted by Crippen LogP contribution is -2.40. The minimum atomic E-state index is 0. The van der Waals surface area contributed by atoms with Gasteiger partial charge in [0.05, 0.1) is 0 Å². The molecule has 0 aliphatic carbocycles. The first-order chi connectivity index (χ1) is 15.2. The molecule has 1 amide bonds. The molecule has 2 aromatic rings. The van der Waals surface area contributed by atoms with Crippen molar-refractivity contribution in [3.63, 3.8) is 0 Å². The number of guanidine groups is 1. The number of amides is 1. The van der Waals surface area contributed by atoms with Gasteiger partial charge in [0.1, 0.15) is 12.4 Å². The van der Waals surface area contributed by atoms with Crippen LogP contribution in [0.2, 0.25) is 0 Å². The van der Waals surface area contributed by atoms with E-state index in [-0.39, 0.29) is 35.8 Å². The van der Waals surface area contributed by atoms with E-state index >= 15 is 0 Å². The fourth-order valence-corrected chi connectivity index (χ4v) is 3.70. The Bertz CT molecular complexity index is 889. The summed E-state index contributed by atoms with van der Waals surface area (Å²) in [7, 11) is 1.75. The number of para-hydroxylation sites is 1. The molecule has 2 N–H and O–H groups in total. The Kier molecular flexibility index (Phi) is 11.1. The molecule has 0 radical (unpaired) electrons. The standard InChI is InChI=1S/C25H32N4O2.HI/c1-3-15-31-23-12-8-7-11-22(23)18-28-25(26-2)27-17-21-16-24(30)29(19-21)14-13-20-9-5-4-6-10-20;/h3-12,21H,1,13-19H2,2H3,(H2,26,27,28);1H. The summed E-state index contributed by atoms with van der Waals surface area (Å²) < 4.78 is 5.71. The Balaban J connectivity index is 0.00000363. The highest BCUT2D eigenvalue weighted by Crippen LogP contribution is 2.19.